The fraction of sp³-hybridized carbons (Fsp3) is 0.312. The van der Waals surface area contributed by atoms with Gasteiger partial charge in [0.25, 0.3) is 5.69 Å². The van der Waals surface area contributed by atoms with Crippen LogP contribution in [0.15, 0.2) is 29.2 Å². The van der Waals surface area contributed by atoms with Crippen LogP contribution in [0.3, 0.4) is 0 Å². The van der Waals surface area contributed by atoms with Crippen LogP contribution in [0.2, 0.25) is 0 Å². The van der Waals surface area contributed by atoms with Crippen molar-refractivity contribution >= 4 is 44.1 Å². The van der Waals surface area contributed by atoms with Crippen LogP contribution in [-0.2, 0) is 19.6 Å². The molecule has 2 N–H and O–H groups in total. The summed E-state index contributed by atoms with van der Waals surface area (Å²) in [5, 5.41) is 13.3. The maximum atomic E-state index is 12.2. The number of hydrogen-bond donors (Lipinski definition) is 2. The minimum atomic E-state index is -3.92. The first-order valence-corrected chi connectivity index (χ1v) is 10.6. The van der Waals surface area contributed by atoms with Gasteiger partial charge in [-0.1, -0.05) is 11.3 Å². The largest absolute Gasteiger partial charge is 0.462 e. The summed E-state index contributed by atoms with van der Waals surface area (Å²) >= 11 is 0.964. The number of anilines is 1. The second-order valence-electron chi connectivity index (χ2n) is 5.60. The fourth-order valence-corrected chi connectivity index (χ4v) is 4.06. The number of thiazole rings is 1. The van der Waals surface area contributed by atoms with E-state index in [-0.39, 0.29) is 40.2 Å². The van der Waals surface area contributed by atoms with E-state index in [1.54, 1.807) is 13.8 Å². The Balaban J connectivity index is 1.90. The predicted octanol–water partition coefficient (Wildman–Crippen LogP) is 1.84. The normalized spacial score (nSPS) is 11.1. The van der Waals surface area contributed by atoms with Gasteiger partial charge in [-0.2, -0.15) is 0 Å². The Bertz CT molecular complexity index is 1020. The summed E-state index contributed by atoms with van der Waals surface area (Å²) in [6.45, 7) is 3.30. The molecule has 29 heavy (non-hydrogen) atoms. The molecule has 11 nitrogen and oxygen atoms in total. The smallest absolute Gasteiger partial charge is 0.350 e. The topological polar surface area (TPSA) is 158 Å². The van der Waals surface area contributed by atoms with Gasteiger partial charge >= 0.3 is 5.97 Å². The van der Waals surface area contributed by atoms with Gasteiger partial charge in [0.1, 0.15) is 4.88 Å². The van der Waals surface area contributed by atoms with Crippen LogP contribution in [0.4, 0.5) is 10.8 Å². The highest BCUT2D eigenvalue weighted by molar-refractivity contribution is 7.89. The van der Waals surface area contributed by atoms with Crippen molar-refractivity contribution in [2.75, 3.05) is 18.5 Å². The second kappa shape index (κ2) is 9.54. The number of non-ortho nitro benzene ring substituents is 1. The van der Waals surface area contributed by atoms with E-state index in [0.717, 1.165) is 35.6 Å². The zero-order chi connectivity index (χ0) is 21.6. The lowest BCUT2D eigenvalue weighted by atomic mass is 10.3. The van der Waals surface area contributed by atoms with Gasteiger partial charge in [0.05, 0.1) is 22.1 Å². The third-order valence-electron chi connectivity index (χ3n) is 3.51. The molecule has 0 aliphatic heterocycles. The molecule has 0 saturated carbocycles. The summed E-state index contributed by atoms with van der Waals surface area (Å²) < 4.78 is 31.5. The van der Waals surface area contributed by atoms with Gasteiger partial charge in [-0.05, 0) is 26.0 Å². The summed E-state index contributed by atoms with van der Waals surface area (Å²) in [4.78, 5) is 37.9. The lowest BCUT2D eigenvalue weighted by Gasteiger charge is -2.06. The minimum absolute atomic E-state index is 0.155. The molecule has 156 valence electrons. The van der Waals surface area contributed by atoms with E-state index in [2.05, 4.69) is 15.0 Å². The number of rotatable bonds is 9. The highest BCUT2D eigenvalue weighted by Crippen LogP contribution is 2.23. The Hall–Kier alpha value is -2.90. The molecule has 0 aliphatic carbocycles. The van der Waals surface area contributed by atoms with E-state index in [1.165, 1.54) is 0 Å². The van der Waals surface area contributed by atoms with Crippen molar-refractivity contribution in [3.63, 3.8) is 0 Å². The lowest BCUT2D eigenvalue weighted by Crippen LogP contribution is -2.27. The van der Waals surface area contributed by atoms with E-state index in [0.29, 0.717) is 5.69 Å². The van der Waals surface area contributed by atoms with Gasteiger partial charge in [-0.25, -0.2) is 22.9 Å². The van der Waals surface area contributed by atoms with Crippen molar-refractivity contribution in [1.29, 1.82) is 0 Å². The monoisotopic (exact) mass is 442 g/mol. The van der Waals surface area contributed by atoms with Gasteiger partial charge in [-0.3, -0.25) is 14.9 Å². The van der Waals surface area contributed by atoms with Gasteiger partial charge < -0.3 is 10.1 Å². The predicted molar refractivity (Wildman–Crippen MR) is 104 cm³/mol. The van der Waals surface area contributed by atoms with E-state index < -0.39 is 26.8 Å². The summed E-state index contributed by atoms with van der Waals surface area (Å²) in [6.07, 6.45) is -0.181. The lowest BCUT2D eigenvalue weighted by molar-refractivity contribution is -0.384. The zero-order valence-corrected chi connectivity index (χ0v) is 17.1. The molecule has 0 bridgehead atoms. The quantitative estimate of drug-likeness (QED) is 0.338. The molecule has 1 heterocycles. The molecule has 2 aromatic rings. The Morgan fingerprint density at radius 3 is 2.52 bits per heavy atom. The molecule has 0 atom stereocenters. The number of benzene rings is 1. The second-order valence-corrected chi connectivity index (χ2v) is 8.37. The molecule has 1 aromatic heterocycles. The average Bonchev–Trinajstić information content (AvgIpc) is 3.02. The van der Waals surface area contributed by atoms with Gasteiger partial charge in [0.15, 0.2) is 5.13 Å². The number of carbonyl (C=O) groups excluding carboxylic acids is 2. The SMILES string of the molecule is CCOC(=O)c1sc(NC(=O)CCNS(=O)(=O)c2ccc([N+](=O)[O-])cc2)nc1C. The molecule has 0 radical (unpaired) electrons. The van der Waals surface area contributed by atoms with Gasteiger partial charge in [0, 0.05) is 25.1 Å². The number of esters is 1. The van der Waals surface area contributed by atoms with Crippen molar-refractivity contribution in [3.05, 3.63) is 45.0 Å². The molecule has 0 aliphatic rings. The molecule has 0 unspecified atom stereocenters. The number of carbonyl (C=O) groups is 2. The highest BCUT2D eigenvalue weighted by atomic mass is 32.2. The summed E-state index contributed by atoms with van der Waals surface area (Å²) in [5.41, 5.74) is 0.187. The third kappa shape index (κ3) is 6.04. The number of ether oxygens (including phenoxy) is 1. The zero-order valence-electron chi connectivity index (χ0n) is 15.5. The first-order chi connectivity index (χ1) is 13.6. The molecule has 0 fully saturated rings. The van der Waals surface area contributed by atoms with Gasteiger partial charge in [-0.15, -0.1) is 0 Å². The van der Waals surface area contributed by atoms with Crippen LogP contribution in [0.5, 0.6) is 0 Å². The van der Waals surface area contributed by atoms with Crippen LogP contribution < -0.4 is 10.0 Å². The van der Waals surface area contributed by atoms with Crippen molar-refractivity contribution in [1.82, 2.24) is 9.71 Å². The number of hydrogen-bond acceptors (Lipinski definition) is 9. The van der Waals surface area contributed by atoms with Gasteiger partial charge in [0.2, 0.25) is 15.9 Å². The van der Waals surface area contributed by atoms with Crippen molar-refractivity contribution in [3.8, 4) is 0 Å². The van der Waals surface area contributed by atoms with Crippen molar-refractivity contribution in [2.24, 2.45) is 0 Å². The minimum Gasteiger partial charge on any atom is -0.462 e. The molecule has 1 amide bonds. The third-order valence-corrected chi connectivity index (χ3v) is 6.04. The average molecular weight is 442 g/mol. The van der Waals surface area contributed by atoms with Crippen LogP contribution in [0.1, 0.15) is 28.7 Å². The Labute approximate surface area is 170 Å². The summed E-state index contributed by atoms with van der Waals surface area (Å²) in [7, 11) is -3.92. The fourth-order valence-electron chi connectivity index (χ4n) is 2.15. The number of nitro benzene ring substituents is 1. The number of aromatic nitrogens is 1. The molecular formula is C16H18N4O7S2. The molecular weight excluding hydrogens is 424 g/mol. The van der Waals surface area contributed by atoms with E-state index in [4.69, 9.17) is 4.74 Å². The number of aryl methyl sites for hydroxylation is 1. The van der Waals surface area contributed by atoms with Crippen LogP contribution in [0.25, 0.3) is 0 Å². The van der Waals surface area contributed by atoms with Crippen LogP contribution in [-0.4, -0.2) is 43.4 Å². The number of sulfonamides is 1. The Morgan fingerprint density at radius 2 is 1.93 bits per heavy atom. The first kappa shape index (κ1) is 22.4. The Kier molecular flexibility index (Phi) is 7.36. The van der Waals surface area contributed by atoms with Crippen LogP contribution >= 0.6 is 11.3 Å². The number of nitrogens with one attached hydrogen (secondary N) is 2. The Morgan fingerprint density at radius 1 is 1.28 bits per heavy atom. The number of nitrogens with zero attached hydrogens (tertiary/aromatic N) is 2. The molecule has 0 saturated heterocycles. The maximum Gasteiger partial charge on any atom is 0.350 e. The van der Waals surface area contributed by atoms with E-state index >= 15 is 0 Å². The van der Waals surface area contributed by atoms with Crippen molar-refractivity contribution in [2.45, 2.75) is 25.2 Å². The number of amides is 1. The molecule has 1 aromatic carbocycles. The molecule has 13 heteroatoms. The van der Waals surface area contributed by atoms with E-state index in [9.17, 15) is 28.1 Å². The van der Waals surface area contributed by atoms with Crippen LogP contribution in [0, 0.1) is 17.0 Å². The van der Waals surface area contributed by atoms with Crippen molar-refractivity contribution < 1.29 is 27.7 Å². The standard InChI is InChI=1S/C16H18N4O7S2/c1-3-27-15(22)14-10(2)18-16(28-14)19-13(21)8-9-17-29(25,26)12-6-4-11(5-7-12)20(23)24/h4-7,17H,3,8-9H2,1-2H3,(H,18,19,21). The summed E-state index contributed by atoms with van der Waals surface area (Å²) in [5.74, 6) is -1.03. The molecule has 2 rings (SSSR count). The maximum absolute atomic E-state index is 12.2. The van der Waals surface area contributed by atoms with E-state index in [1.807, 2.05) is 0 Å². The summed E-state index contributed by atoms with van der Waals surface area (Å²) in [6, 6.07) is 4.37. The highest BCUT2D eigenvalue weighted by Gasteiger charge is 2.19. The first-order valence-electron chi connectivity index (χ1n) is 8.32. The molecule has 0 spiro atoms. The number of nitro groups is 1.